The Morgan fingerprint density at radius 1 is 1.32 bits per heavy atom. The summed E-state index contributed by atoms with van der Waals surface area (Å²) in [5.41, 5.74) is 1.99. The highest BCUT2D eigenvalue weighted by Crippen LogP contribution is 2.14. The topological polar surface area (TPSA) is 48.7 Å². The van der Waals surface area contributed by atoms with Gasteiger partial charge in [0.25, 0.3) is 0 Å². The van der Waals surface area contributed by atoms with E-state index in [0.29, 0.717) is 17.7 Å². The zero-order valence-corrected chi connectivity index (χ0v) is 10.6. The van der Waals surface area contributed by atoms with Crippen molar-refractivity contribution in [3.63, 3.8) is 0 Å². The summed E-state index contributed by atoms with van der Waals surface area (Å²) in [7, 11) is 0. The van der Waals surface area contributed by atoms with Crippen molar-refractivity contribution < 1.29 is 4.39 Å². The van der Waals surface area contributed by atoms with Crippen molar-refractivity contribution >= 4 is 0 Å². The van der Waals surface area contributed by atoms with Crippen LogP contribution in [-0.4, -0.2) is 4.98 Å². The number of aromatic nitrogens is 1. The summed E-state index contributed by atoms with van der Waals surface area (Å²) in [6.45, 7) is 2.43. The van der Waals surface area contributed by atoms with Crippen LogP contribution in [0.1, 0.15) is 29.7 Å². The highest BCUT2D eigenvalue weighted by Gasteiger charge is 2.07. The summed E-state index contributed by atoms with van der Waals surface area (Å²) in [5.74, 6) is -0.353. The number of hydrogen-bond acceptors (Lipinski definition) is 3. The molecular weight excluding hydrogens is 241 g/mol. The van der Waals surface area contributed by atoms with Crippen LogP contribution in [0.3, 0.4) is 0 Å². The zero-order chi connectivity index (χ0) is 13.7. The molecule has 1 heterocycles. The predicted molar refractivity (Wildman–Crippen MR) is 70.6 cm³/mol. The molecule has 1 unspecified atom stereocenters. The summed E-state index contributed by atoms with van der Waals surface area (Å²) < 4.78 is 13.7. The third kappa shape index (κ3) is 3.36. The van der Waals surface area contributed by atoms with E-state index in [1.54, 1.807) is 24.5 Å². The summed E-state index contributed by atoms with van der Waals surface area (Å²) in [4.78, 5) is 3.96. The van der Waals surface area contributed by atoms with E-state index in [2.05, 4.69) is 10.3 Å². The van der Waals surface area contributed by atoms with Gasteiger partial charge in [-0.2, -0.15) is 5.26 Å². The average Bonchev–Trinajstić information content (AvgIpc) is 2.46. The molecule has 0 saturated heterocycles. The summed E-state index contributed by atoms with van der Waals surface area (Å²) in [5, 5.41) is 11.9. The molecule has 2 aromatic rings. The van der Waals surface area contributed by atoms with Crippen LogP contribution in [0.25, 0.3) is 0 Å². The van der Waals surface area contributed by atoms with Crippen LogP contribution in [0.4, 0.5) is 4.39 Å². The molecule has 96 valence electrons. The fraction of sp³-hybridized carbons (Fsp3) is 0.200. The van der Waals surface area contributed by atoms with Gasteiger partial charge in [0, 0.05) is 30.5 Å². The summed E-state index contributed by atoms with van der Waals surface area (Å²) in [6.07, 6.45) is 3.46. The van der Waals surface area contributed by atoms with Crippen LogP contribution in [0.2, 0.25) is 0 Å². The third-order valence-electron chi connectivity index (χ3n) is 2.99. The first-order valence-corrected chi connectivity index (χ1v) is 6.02. The molecule has 0 aliphatic heterocycles. The fourth-order valence-electron chi connectivity index (χ4n) is 1.79. The van der Waals surface area contributed by atoms with Gasteiger partial charge in [-0.05, 0) is 36.8 Å². The van der Waals surface area contributed by atoms with Gasteiger partial charge in [-0.1, -0.05) is 6.07 Å². The van der Waals surface area contributed by atoms with E-state index < -0.39 is 0 Å². The fourth-order valence-corrected chi connectivity index (χ4v) is 1.79. The van der Waals surface area contributed by atoms with Crippen LogP contribution in [0.15, 0.2) is 42.7 Å². The average molecular weight is 255 g/mol. The van der Waals surface area contributed by atoms with E-state index in [0.717, 1.165) is 5.56 Å². The number of pyridine rings is 1. The van der Waals surface area contributed by atoms with Gasteiger partial charge in [-0.15, -0.1) is 0 Å². The monoisotopic (exact) mass is 255 g/mol. The number of hydrogen-bond donors (Lipinski definition) is 1. The van der Waals surface area contributed by atoms with Gasteiger partial charge in [0.05, 0.1) is 11.6 Å². The van der Waals surface area contributed by atoms with Crippen LogP contribution >= 0.6 is 0 Å². The molecule has 3 nitrogen and oxygen atoms in total. The second-order valence-corrected chi connectivity index (χ2v) is 4.30. The first-order valence-electron chi connectivity index (χ1n) is 6.02. The van der Waals surface area contributed by atoms with Crippen LogP contribution in [-0.2, 0) is 6.54 Å². The smallest absolute Gasteiger partial charge is 0.129 e. The third-order valence-corrected chi connectivity index (χ3v) is 2.99. The lowest BCUT2D eigenvalue weighted by atomic mass is 10.1. The van der Waals surface area contributed by atoms with Gasteiger partial charge in [0.1, 0.15) is 5.82 Å². The Bertz CT molecular complexity index is 590. The molecule has 0 amide bonds. The molecule has 0 saturated carbocycles. The maximum atomic E-state index is 13.7. The van der Waals surface area contributed by atoms with Crippen molar-refractivity contribution in [1.29, 1.82) is 5.26 Å². The van der Waals surface area contributed by atoms with Gasteiger partial charge in [-0.3, -0.25) is 4.98 Å². The Kier molecular flexibility index (Phi) is 4.22. The SMILES string of the molecule is CC(NCc1ccc(C#N)cc1F)c1ccncc1. The number of nitrogens with one attached hydrogen (secondary N) is 1. The summed E-state index contributed by atoms with van der Waals surface area (Å²) >= 11 is 0. The van der Waals surface area contributed by atoms with Crippen LogP contribution in [0, 0.1) is 17.1 Å². The largest absolute Gasteiger partial charge is 0.306 e. The molecule has 1 atom stereocenters. The minimum atomic E-state index is -0.353. The van der Waals surface area contributed by atoms with Crippen molar-refractivity contribution in [2.24, 2.45) is 0 Å². The highest BCUT2D eigenvalue weighted by molar-refractivity contribution is 5.32. The number of rotatable bonds is 4. The van der Waals surface area contributed by atoms with Crippen LogP contribution < -0.4 is 5.32 Å². The quantitative estimate of drug-likeness (QED) is 0.913. The Morgan fingerprint density at radius 3 is 2.68 bits per heavy atom. The molecule has 0 radical (unpaired) electrons. The van der Waals surface area contributed by atoms with E-state index in [9.17, 15) is 4.39 Å². The second kappa shape index (κ2) is 6.07. The predicted octanol–water partition coefficient (Wildman–Crippen LogP) is 2.94. The van der Waals surface area contributed by atoms with Gasteiger partial charge in [0.2, 0.25) is 0 Å². The molecule has 4 heteroatoms. The zero-order valence-electron chi connectivity index (χ0n) is 10.6. The molecule has 0 bridgehead atoms. The van der Waals surface area contributed by atoms with Crippen molar-refractivity contribution in [2.45, 2.75) is 19.5 Å². The number of nitrogens with zero attached hydrogens (tertiary/aromatic N) is 2. The van der Waals surface area contributed by atoms with E-state index in [4.69, 9.17) is 5.26 Å². The summed E-state index contributed by atoms with van der Waals surface area (Å²) in [6, 6.07) is 10.4. The van der Waals surface area contributed by atoms with Gasteiger partial charge >= 0.3 is 0 Å². The maximum absolute atomic E-state index is 13.7. The van der Waals surface area contributed by atoms with Gasteiger partial charge in [0.15, 0.2) is 0 Å². The van der Waals surface area contributed by atoms with Gasteiger partial charge < -0.3 is 5.32 Å². The second-order valence-electron chi connectivity index (χ2n) is 4.30. The Balaban J connectivity index is 2.01. The molecular formula is C15H14FN3. The normalized spacial score (nSPS) is 11.8. The highest BCUT2D eigenvalue weighted by atomic mass is 19.1. The van der Waals surface area contributed by atoms with E-state index in [-0.39, 0.29) is 11.9 Å². The van der Waals surface area contributed by atoms with E-state index in [1.807, 2.05) is 25.1 Å². The molecule has 1 aromatic carbocycles. The lowest BCUT2D eigenvalue weighted by Gasteiger charge is -2.14. The first kappa shape index (κ1) is 13.2. The molecule has 0 aliphatic carbocycles. The number of halogens is 1. The van der Waals surface area contributed by atoms with Crippen molar-refractivity contribution in [1.82, 2.24) is 10.3 Å². The lowest BCUT2D eigenvalue weighted by Crippen LogP contribution is -2.18. The van der Waals surface area contributed by atoms with E-state index >= 15 is 0 Å². The molecule has 1 N–H and O–H groups in total. The molecule has 1 aromatic heterocycles. The molecule has 0 aliphatic rings. The Morgan fingerprint density at radius 2 is 2.05 bits per heavy atom. The van der Waals surface area contributed by atoms with Crippen molar-refractivity contribution in [3.8, 4) is 6.07 Å². The minimum absolute atomic E-state index is 0.109. The number of nitriles is 1. The van der Waals surface area contributed by atoms with Crippen molar-refractivity contribution in [3.05, 3.63) is 65.2 Å². The minimum Gasteiger partial charge on any atom is -0.306 e. The Hall–Kier alpha value is -2.25. The van der Waals surface area contributed by atoms with Crippen LogP contribution in [0.5, 0.6) is 0 Å². The molecule has 0 fully saturated rings. The number of benzene rings is 1. The lowest BCUT2D eigenvalue weighted by molar-refractivity contribution is 0.544. The van der Waals surface area contributed by atoms with Gasteiger partial charge in [-0.25, -0.2) is 4.39 Å². The molecule has 0 spiro atoms. The van der Waals surface area contributed by atoms with Crippen molar-refractivity contribution in [2.75, 3.05) is 0 Å². The maximum Gasteiger partial charge on any atom is 0.129 e. The molecule has 19 heavy (non-hydrogen) atoms. The molecule has 2 rings (SSSR count). The first-order chi connectivity index (χ1) is 9.20. The standard InChI is InChI=1S/C15H14FN3/c1-11(13-4-6-18-7-5-13)19-10-14-3-2-12(9-17)8-15(14)16/h2-8,11,19H,10H2,1H3. The Labute approximate surface area is 111 Å². The van der Waals surface area contributed by atoms with E-state index in [1.165, 1.54) is 6.07 Å².